The van der Waals surface area contributed by atoms with Gasteiger partial charge in [-0.15, -0.1) is 0 Å². The maximum Gasteiger partial charge on any atom is 0.137 e. The first-order chi connectivity index (χ1) is 8.27. The van der Waals surface area contributed by atoms with E-state index in [0.29, 0.717) is 11.3 Å². The Morgan fingerprint density at radius 2 is 2.00 bits per heavy atom. The molecule has 2 nitrogen and oxygen atoms in total. The number of para-hydroxylation sites is 1. The number of ether oxygens (including phenoxy) is 1. The lowest BCUT2D eigenvalue weighted by Crippen LogP contribution is -2.12. The average Bonchev–Trinajstić information content (AvgIpc) is 2.35. The van der Waals surface area contributed by atoms with Crippen LogP contribution in [0.15, 0.2) is 24.3 Å². The van der Waals surface area contributed by atoms with E-state index in [2.05, 4.69) is 19.9 Å². The van der Waals surface area contributed by atoms with Crippen molar-refractivity contribution in [2.24, 2.45) is 0 Å². The van der Waals surface area contributed by atoms with Gasteiger partial charge >= 0.3 is 0 Å². The van der Waals surface area contributed by atoms with E-state index in [1.54, 1.807) is 6.07 Å². The van der Waals surface area contributed by atoms with Crippen LogP contribution in [0, 0.1) is 11.3 Å². The third-order valence-electron chi connectivity index (χ3n) is 2.80. The molecule has 0 N–H and O–H groups in total. The Balaban J connectivity index is 2.40. The molecule has 17 heavy (non-hydrogen) atoms. The van der Waals surface area contributed by atoms with Crippen LogP contribution < -0.4 is 4.74 Å². The molecule has 0 fully saturated rings. The standard InChI is InChI=1S/C15H21NO/c1-3-4-5-6-9-13(2)17-15-11-8-7-10-14(15)12-16/h7-8,10-11,13H,3-6,9H2,1-2H3/t13-/m1/s1. The summed E-state index contributed by atoms with van der Waals surface area (Å²) in [5.41, 5.74) is 0.618. The number of hydrogen-bond acceptors (Lipinski definition) is 2. The summed E-state index contributed by atoms with van der Waals surface area (Å²) in [7, 11) is 0. The normalized spacial score (nSPS) is 11.8. The van der Waals surface area contributed by atoms with Crippen LogP contribution in [0.2, 0.25) is 0 Å². The zero-order chi connectivity index (χ0) is 12.5. The van der Waals surface area contributed by atoms with Gasteiger partial charge in [-0.05, 0) is 31.9 Å². The number of nitriles is 1. The van der Waals surface area contributed by atoms with E-state index in [1.807, 2.05) is 18.2 Å². The van der Waals surface area contributed by atoms with Crippen LogP contribution in [-0.2, 0) is 0 Å². The molecular formula is C15H21NO. The van der Waals surface area contributed by atoms with Crippen molar-refractivity contribution < 1.29 is 4.74 Å². The molecule has 0 aliphatic rings. The van der Waals surface area contributed by atoms with Crippen LogP contribution in [0.1, 0.15) is 51.5 Å². The van der Waals surface area contributed by atoms with Gasteiger partial charge in [0.25, 0.3) is 0 Å². The number of rotatable bonds is 7. The second-order valence-electron chi connectivity index (χ2n) is 4.39. The highest BCUT2D eigenvalue weighted by molar-refractivity contribution is 5.42. The third kappa shape index (κ3) is 4.91. The van der Waals surface area contributed by atoms with Crippen molar-refractivity contribution in [3.05, 3.63) is 29.8 Å². The van der Waals surface area contributed by atoms with E-state index < -0.39 is 0 Å². The fourth-order valence-electron chi connectivity index (χ4n) is 1.80. The lowest BCUT2D eigenvalue weighted by molar-refractivity contribution is 0.206. The molecule has 1 aromatic carbocycles. The number of unbranched alkanes of at least 4 members (excludes halogenated alkanes) is 3. The van der Waals surface area contributed by atoms with Gasteiger partial charge in [0.15, 0.2) is 0 Å². The van der Waals surface area contributed by atoms with Crippen molar-refractivity contribution in [2.75, 3.05) is 0 Å². The van der Waals surface area contributed by atoms with Crippen LogP contribution >= 0.6 is 0 Å². The molecule has 0 radical (unpaired) electrons. The fourth-order valence-corrected chi connectivity index (χ4v) is 1.80. The van der Waals surface area contributed by atoms with Gasteiger partial charge in [-0.25, -0.2) is 0 Å². The molecule has 0 bridgehead atoms. The summed E-state index contributed by atoms with van der Waals surface area (Å²) in [6, 6.07) is 9.57. The van der Waals surface area contributed by atoms with Gasteiger partial charge in [-0.3, -0.25) is 0 Å². The summed E-state index contributed by atoms with van der Waals surface area (Å²) in [6.45, 7) is 4.28. The van der Waals surface area contributed by atoms with Gasteiger partial charge < -0.3 is 4.74 Å². The van der Waals surface area contributed by atoms with Crippen LogP contribution in [-0.4, -0.2) is 6.10 Å². The summed E-state index contributed by atoms with van der Waals surface area (Å²) >= 11 is 0. The molecule has 0 heterocycles. The summed E-state index contributed by atoms with van der Waals surface area (Å²) in [5, 5.41) is 8.95. The van der Waals surface area contributed by atoms with Crippen LogP contribution in [0.3, 0.4) is 0 Å². The van der Waals surface area contributed by atoms with E-state index in [0.717, 1.165) is 6.42 Å². The number of nitrogens with zero attached hydrogens (tertiary/aromatic N) is 1. The quantitative estimate of drug-likeness (QED) is 0.655. The van der Waals surface area contributed by atoms with E-state index in [-0.39, 0.29) is 6.10 Å². The van der Waals surface area contributed by atoms with Crippen LogP contribution in [0.4, 0.5) is 0 Å². The summed E-state index contributed by atoms with van der Waals surface area (Å²) in [6.07, 6.45) is 6.25. The number of hydrogen-bond donors (Lipinski definition) is 0. The summed E-state index contributed by atoms with van der Waals surface area (Å²) < 4.78 is 5.79. The fraction of sp³-hybridized carbons (Fsp3) is 0.533. The Bertz CT molecular complexity index is 367. The molecule has 0 aliphatic heterocycles. The van der Waals surface area contributed by atoms with Gasteiger partial charge in [0, 0.05) is 0 Å². The highest BCUT2D eigenvalue weighted by atomic mass is 16.5. The van der Waals surface area contributed by atoms with Crippen molar-refractivity contribution in [2.45, 2.75) is 52.1 Å². The molecule has 1 aromatic rings. The third-order valence-corrected chi connectivity index (χ3v) is 2.80. The minimum absolute atomic E-state index is 0.182. The molecule has 92 valence electrons. The minimum Gasteiger partial charge on any atom is -0.489 e. The lowest BCUT2D eigenvalue weighted by atomic mass is 10.1. The van der Waals surface area contributed by atoms with Gasteiger partial charge in [0.05, 0.1) is 11.7 Å². The van der Waals surface area contributed by atoms with Crippen molar-refractivity contribution in [1.29, 1.82) is 5.26 Å². The van der Waals surface area contributed by atoms with Gasteiger partial charge in [0.1, 0.15) is 11.8 Å². The van der Waals surface area contributed by atoms with Crippen molar-refractivity contribution >= 4 is 0 Å². The largest absolute Gasteiger partial charge is 0.489 e. The topological polar surface area (TPSA) is 33.0 Å². The Kier molecular flexibility index (Phi) is 6.17. The maximum atomic E-state index is 8.95. The molecule has 1 rings (SSSR count). The maximum absolute atomic E-state index is 8.95. The second kappa shape index (κ2) is 7.73. The Morgan fingerprint density at radius 3 is 2.71 bits per heavy atom. The van der Waals surface area contributed by atoms with Crippen molar-refractivity contribution in [3.8, 4) is 11.8 Å². The zero-order valence-electron chi connectivity index (χ0n) is 10.8. The molecule has 0 unspecified atom stereocenters. The predicted octanol–water partition coefficient (Wildman–Crippen LogP) is 4.30. The molecular weight excluding hydrogens is 210 g/mol. The van der Waals surface area contributed by atoms with E-state index >= 15 is 0 Å². The zero-order valence-corrected chi connectivity index (χ0v) is 10.8. The predicted molar refractivity (Wildman–Crippen MR) is 70.0 cm³/mol. The SMILES string of the molecule is CCCCCC[C@@H](C)Oc1ccccc1C#N. The highest BCUT2D eigenvalue weighted by Crippen LogP contribution is 2.19. The van der Waals surface area contributed by atoms with Crippen LogP contribution in [0.25, 0.3) is 0 Å². The molecule has 2 heteroatoms. The van der Waals surface area contributed by atoms with E-state index in [9.17, 15) is 0 Å². The lowest BCUT2D eigenvalue weighted by Gasteiger charge is -2.15. The average molecular weight is 231 g/mol. The minimum atomic E-state index is 0.182. The van der Waals surface area contributed by atoms with Gasteiger partial charge in [-0.2, -0.15) is 5.26 Å². The van der Waals surface area contributed by atoms with Gasteiger partial charge in [0.2, 0.25) is 0 Å². The Labute approximate surface area is 104 Å². The molecule has 0 aromatic heterocycles. The number of benzene rings is 1. The first-order valence-electron chi connectivity index (χ1n) is 6.43. The molecule has 1 atom stereocenters. The molecule has 0 aliphatic carbocycles. The molecule has 0 amide bonds. The monoisotopic (exact) mass is 231 g/mol. The molecule has 0 spiro atoms. The summed E-state index contributed by atoms with van der Waals surface area (Å²) in [5.74, 6) is 0.706. The van der Waals surface area contributed by atoms with Crippen LogP contribution in [0.5, 0.6) is 5.75 Å². The van der Waals surface area contributed by atoms with E-state index in [1.165, 1.54) is 25.7 Å². The smallest absolute Gasteiger partial charge is 0.137 e. The van der Waals surface area contributed by atoms with Gasteiger partial charge in [-0.1, -0.05) is 38.3 Å². The Morgan fingerprint density at radius 1 is 1.24 bits per heavy atom. The van der Waals surface area contributed by atoms with Crippen molar-refractivity contribution in [1.82, 2.24) is 0 Å². The first-order valence-corrected chi connectivity index (χ1v) is 6.43. The highest BCUT2D eigenvalue weighted by Gasteiger charge is 2.07. The summed E-state index contributed by atoms with van der Waals surface area (Å²) in [4.78, 5) is 0. The molecule has 0 saturated carbocycles. The molecule has 0 saturated heterocycles. The second-order valence-corrected chi connectivity index (χ2v) is 4.39. The van der Waals surface area contributed by atoms with Crippen molar-refractivity contribution in [3.63, 3.8) is 0 Å². The Hall–Kier alpha value is -1.49. The first kappa shape index (κ1) is 13.6. The van der Waals surface area contributed by atoms with E-state index in [4.69, 9.17) is 10.00 Å².